The fourth-order valence-electron chi connectivity index (χ4n) is 0.557. The van der Waals surface area contributed by atoms with E-state index in [1.54, 1.807) is 7.11 Å². The molecule has 1 aromatic carbocycles. The van der Waals surface area contributed by atoms with Gasteiger partial charge >= 0.3 is 0 Å². The normalized spacial score (nSPS) is 8.58. The van der Waals surface area contributed by atoms with Crippen LogP contribution in [0.3, 0.4) is 0 Å². The Morgan fingerprint density at radius 2 is 1.58 bits per heavy atom. The fourth-order valence-corrected chi connectivity index (χ4v) is 0.557. The molecule has 0 saturated heterocycles. The Balaban J connectivity index is 0.000000261. The molecule has 3 nitrogen and oxygen atoms in total. The smallest absolute Gasteiger partial charge is 0.137 e. The van der Waals surface area contributed by atoms with Gasteiger partial charge in [0, 0.05) is 6.26 Å². The first-order chi connectivity index (χ1) is 5.66. The molecule has 0 heterocycles. The molecule has 12 heavy (non-hydrogen) atoms. The number of hydrogen-bond donors (Lipinski definition) is 1. The molecule has 0 N–H and O–H groups in total. The maximum Gasteiger partial charge on any atom is 0.137 e. The average Bonchev–Trinajstić information content (AvgIpc) is 2.05. The average molecular weight is 188 g/mol. The number of rotatable bonds is 1. The SMILES string of the molecule is COc1ccccc1.C[SH](=O)=O. The molecule has 68 valence electrons. The Hall–Kier alpha value is -1.03. The van der Waals surface area contributed by atoms with E-state index in [1.165, 1.54) is 0 Å². The summed E-state index contributed by atoms with van der Waals surface area (Å²) >= 11 is 0. The van der Waals surface area contributed by atoms with E-state index in [2.05, 4.69) is 0 Å². The molecule has 0 aliphatic carbocycles. The first kappa shape index (κ1) is 11.0. The van der Waals surface area contributed by atoms with Crippen molar-refractivity contribution in [3.05, 3.63) is 30.3 Å². The summed E-state index contributed by atoms with van der Waals surface area (Å²) in [5, 5.41) is 0. The third-order valence-corrected chi connectivity index (χ3v) is 0.979. The van der Waals surface area contributed by atoms with Gasteiger partial charge < -0.3 is 4.74 Å². The number of ether oxygens (including phenoxy) is 1. The first-order valence-electron chi connectivity index (χ1n) is 3.34. The number of methoxy groups -OCH3 is 1. The Bertz CT molecular complexity index is 259. The Morgan fingerprint density at radius 3 is 1.83 bits per heavy atom. The van der Waals surface area contributed by atoms with Crippen LogP contribution in [0, 0.1) is 0 Å². The van der Waals surface area contributed by atoms with E-state index in [9.17, 15) is 0 Å². The van der Waals surface area contributed by atoms with Gasteiger partial charge in [0.25, 0.3) is 0 Å². The summed E-state index contributed by atoms with van der Waals surface area (Å²) in [6.45, 7) is 0. The molecule has 0 amide bonds. The molecule has 0 unspecified atom stereocenters. The van der Waals surface area contributed by atoms with Crippen LogP contribution >= 0.6 is 0 Å². The van der Waals surface area contributed by atoms with Crippen LogP contribution in [0.5, 0.6) is 5.75 Å². The van der Waals surface area contributed by atoms with Crippen molar-refractivity contribution in [1.29, 1.82) is 0 Å². The van der Waals surface area contributed by atoms with E-state index >= 15 is 0 Å². The van der Waals surface area contributed by atoms with Crippen LogP contribution in [0.25, 0.3) is 0 Å². The maximum absolute atomic E-state index is 9.04. The summed E-state index contributed by atoms with van der Waals surface area (Å²) in [5.41, 5.74) is 0. The highest BCUT2D eigenvalue weighted by Crippen LogP contribution is 2.05. The van der Waals surface area contributed by atoms with Gasteiger partial charge in [-0.1, -0.05) is 18.2 Å². The summed E-state index contributed by atoms with van der Waals surface area (Å²) in [7, 11) is -0.458. The summed E-state index contributed by atoms with van der Waals surface area (Å²) in [5.74, 6) is 0.910. The third-order valence-electron chi connectivity index (χ3n) is 0.979. The molecule has 0 saturated carbocycles. The van der Waals surface area contributed by atoms with Gasteiger partial charge in [0.1, 0.15) is 16.5 Å². The van der Waals surface area contributed by atoms with Crippen molar-refractivity contribution in [2.24, 2.45) is 0 Å². The van der Waals surface area contributed by atoms with Crippen molar-refractivity contribution in [3.63, 3.8) is 0 Å². The molecular formula is C8H12O3S. The predicted molar refractivity (Wildman–Crippen MR) is 49.2 cm³/mol. The maximum atomic E-state index is 9.04. The van der Waals surface area contributed by atoms with Gasteiger partial charge in [-0.3, -0.25) is 0 Å². The summed E-state index contributed by atoms with van der Waals surface area (Å²) in [4.78, 5) is 0. The minimum Gasteiger partial charge on any atom is -0.497 e. The molecule has 1 rings (SSSR count). The number of para-hydroxylation sites is 1. The van der Waals surface area contributed by atoms with Crippen molar-refractivity contribution in [2.45, 2.75) is 0 Å². The quantitative estimate of drug-likeness (QED) is 0.666. The highest BCUT2D eigenvalue weighted by atomic mass is 32.2. The number of thiol groups is 1. The van der Waals surface area contributed by atoms with Crippen LogP contribution in [0.4, 0.5) is 0 Å². The number of benzene rings is 1. The van der Waals surface area contributed by atoms with Gasteiger partial charge in [-0.2, -0.15) is 0 Å². The largest absolute Gasteiger partial charge is 0.497 e. The Labute approximate surface area is 73.9 Å². The standard InChI is InChI=1S/C7H8O.CH4O2S/c1-8-7-5-3-2-4-6-7;1-4(2)3/h2-6H,1H3;4H,1H3. The van der Waals surface area contributed by atoms with Crippen molar-refractivity contribution >= 4 is 10.7 Å². The second-order valence-electron chi connectivity index (χ2n) is 1.96. The molecular weight excluding hydrogens is 176 g/mol. The van der Waals surface area contributed by atoms with Gasteiger partial charge in [-0.15, -0.1) is 0 Å². The molecule has 0 bridgehead atoms. The zero-order valence-electron chi connectivity index (χ0n) is 7.06. The molecule has 4 heteroatoms. The number of hydrogen-bond acceptors (Lipinski definition) is 3. The lowest BCUT2D eigenvalue weighted by atomic mass is 10.3. The van der Waals surface area contributed by atoms with E-state index in [0.29, 0.717) is 0 Å². The van der Waals surface area contributed by atoms with E-state index in [-0.39, 0.29) is 0 Å². The molecule has 0 aliphatic heterocycles. The predicted octanol–water partition coefficient (Wildman–Crippen LogP) is 0.923. The molecule has 0 fully saturated rings. The highest BCUT2D eigenvalue weighted by Gasteiger charge is 1.80. The van der Waals surface area contributed by atoms with Crippen LogP contribution < -0.4 is 4.74 Å². The highest BCUT2D eigenvalue weighted by molar-refractivity contribution is 7.71. The van der Waals surface area contributed by atoms with E-state index < -0.39 is 10.7 Å². The van der Waals surface area contributed by atoms with Crippen LogP contribution in [0.2, 0.25) is 0 Å². The lowest BCUT2D eigenvalue weighted by Crippen LogP contribution is -1.78. The zero-order valence-corrected chi connectivity index (χ0v) is 7.95. The van der Waals surface area contributed by atoms with Gasteiger partial charge in [0.05, 0.1) is 7.11 Å². The van der Waals surface area contributed by atoms with Crippen molar-refractivity contribution in [2.75, 3.05) is 13.4 Å². The molecule has 0 aromatic heterocycles. The van der Waals surface area contributed by atoms with Crippen LogP contribution in [0.15, 0.2) is 30.3 Å². The van der Waals surface area contributed by atoms with Gasteiger partial charge in [-0.25, -0.2) is 8.42 Å². The summed E-state index contributed by atoms with van der Waals surface area (Å²) in [6, 6.07) is 9.68. The molecule has 1 aromatic rings. The monoisotopic (exact) mass is 188 g/mol. The van der Waals surface area contributed by atoms with Crippen LogP contribution in [-0.2, 0) is 10.7 Å². The second-order valence-corrected chi connectivity index (χ2v) is 2.84. The van der Waals surface area contributed by atoms with Gasteiger partial charge in [0.15, 0.2) is 0 Å². The second kappa shape index (κ2) is 6.67. The summed E-state index contributed by atoms with van der Waals surface area (Å²) < 4.78 is 23.0. The Kier molecular flexibility index (Phi) is 6.09. The zero-order chi connectivity index (χ0) is 9.40. The van der Waals surface area contributed by atoms with E-state index in [1.807, 2.05) is 30.3 Å². The Morgan fingerprint density at radius 1 is 1.17 bits per heavy atom. The van der Waals surface area contributed by atoms with Crippen molar-refractivity contribution in [1.82, 2.24) is 0 Å². The third kappa shape index (κ3) is 7.08. The molecule has 0 spiro atoms. The van der Waals surface area contributed by atoms with E-state index in [0.717, 1.165) is 12.0 Å². The minimum atomic E-state index is -2.12. The van der Waals surface area contributed by atoms with E-state index in [4.69, 9.17) is 13.2 Å². The fraction of sp³-hybridized carbons (Fsp3) is 0.250. The molecule has 0 aliphatic rings. The lowest BCUT2D eigenvalue weighted by molar-refractivity contribution is 0.415. The van der Waals surface area contributed by atoms with Crippen molar-refractivity contribution in [3.8, 4) is 5.75 Å². The molecule has 0 atom stereocenters. The topological polar surface area (TPSA) is 43.4 Å². The van der Waals surface area contributed by atoms with Crippen LogP contribution in [0.1, 0.15) is 0 Å². The summed E-state index contributed by atoms with van der Waals surface area (Å²) in [6.07, 6.45) is 1.12. The van der Waals surface area contributed by atoms with Gasteiger partial charge in [0.2, 0.25) is 0 Å². The minimum absolute atomic E-state index is 0.910. The van der Waals surface area contributed by atoms with Gasteiger partial charge in [-0.05, 0) is 12.1 Å². The first-order valence-corrected chi connectivity index (χ1v) is 4.96. The lowest BCUT2D eigenvalue weighted by Gasteiger charge is -1.93. The van der Waals surface area contributed by atoms with Crippen LogP contribution in [-0.4, -0.2) is 21.8 Å². The van der Waals surface area contributed by atoms with Crippen molar-refractivity contribution < 1.29 is 13.2 Å². The molecule has 0 radical (unpaired) electrons.